The molecule has 90 valence electrons. The highest BCUT2D eigenvalue weighted by Crippen LogP contribution is 2.23. The molecule has 0 aliphatic carbocycles. The summed E-state index contributed by atoms with van der Waals surface area (Å²) in [5.41, 5.74) is 0.475. The van der Waals surface area contributed by atoms with Gasteiger partial charge in [-0.05, 0) is 12.1 Å². The van der Waals surface area contributed by atoms with Gasteiger partial charge in [0.05, 0.1) is 11.6 Å². The minimum atomic E-state index is -0.816. The Morgan fingerprint density at radius 1 is 1.17 bits per heavy atom. The molecule has 0 atom stereocenters. The highest BCUT2D eigenvalue weighted by molar-refractivity contribution is 5.72. The van der Waals surface area contributed by atoms with Crippen molar-refractivity contribution in [3.63, 3.8) is 0 Å². The SMILES string of the molecule is Fc1ccc(Oc2ncc3cn[nH]c3n2)c(F)c1. The molecule has 7 heteroatoms. The molecule has 0 spiro atoms. The first-order chi connectivity index (χ1) is 8.72. The summed E-state index contributed by atoms with van der Waals surface area (Å²) in [5.74, 6) is -1.64. The van der Waals surface area contributed by atoms with Gasteiger partial charge in [-0.15, -0.1) is 0 Å². The summed E-state index contributed by atoms with van der Waals surface area (Å²) in [6, 6.07) is 2.94. The molecule has 5 nitrogen and oxygen atoms in total. The van der Waals surface area contributed by atoms with E-state index < -0.39 is 11.6 Å². The molecule has 0 aliphatic rings. The molecule has 0 saturated carbocycles. The summed E-state index contributed by atoms with van der Waals surface area (Å²) in [4.78, 5) is 7.87. The van der Waals surface area contributed by atoms with E-state index in [9.17, 15) is 8.78 Å². The smallest absolute Gasteiger partial charge is 0.324 e. The Morgan fingerprint density at radius 3 is 2.89 bits per heavy atom. The Morgan fingerprint density at radius 2 is 2.06 bits per heavy atom. The number of hydrogen-bond donors (Lipinski definition) is 1. The molecular formula is C11H6F2N4O. The molecule has 1 aromatic carbocycles. The van der Waals surface area contributed by atoms with E-state index in [1.807, 2.05) is 0 Å². The summed E-state index contributed by atoms with van der Waals surface area (Å²) in [6.45, 7) is 0. The summed E-state index contributed by atoms with van der Waals surface area (Å²) >= 11 is 0. The number of H-pyrrole nitrogens is 1. The van der Waals surface area contributed by atoms with E-state index in [0.717, 1.165) is 12.1 Å². The van der Waals surface area contributed by atoms with Crippen molar-refractivity contribution in [3.8, 4) is 11.8 Å². The first-order valence-corrected chi connectivity index (χ1v) is 5.01. The van der Waals surface area contributed by atoms with Crippen LogP contribution in [-0.2, 0) is 0 Å². The summed E-state index contributed by atoms with van der Waals surface area (Å²) in [7, 11) is 0. The number of aromatic amines is 1. The van der Waals surface area contributed by atoms with Crippen molar-refractivity contribution in [2.45, 2.75) is 0 Å². The Balaban J connectivity index is 1.95. The Hall–Kier alpha value is -2.57. The summed E-state index contributed by atoms with van der Waals surface area (Å²) in [5, 5.41) is 7.12. The van der Waals surface area contributed by atoms with Crippen molar-refractivity contribution in [2.75, 3.05) is 0 Å². The van der Waals surface area contributed by atoms with Gasteiger partial charge in [0.25, 0.3) is 0 Å². The maximum Gasteiger partial charge on any atom is 0.324 e. The third-order valence-corrected chi connectivity index (χ3v) is 2.26. The van der Waals surface area contributed by atoms with Crippen molar-refractivity contribution in [2.24, 2.45) is 0 Å². The van der Waals surface area contributed by atoms with Gasteiger partial charge in [0.2, 0.25) is 0 Å². The largest absolute Gasteiger partial charge is 0.421 e. The molecule has 2 heterocycles. The van der Waals surface area contributed by atoms with E-state index >= 15 is 0 Å². The molecule has 0 bridgehead atoms. The van der Waals surface area contributed by atoms with Crippen LogP contribution in [0.4, 0.5) is 8.78 Å². The molecule has 2 aromatic heterocycles. The minimum absolute atomic E-state index is 0.0442. The van der Waals surface area contributed by atoms with E-state index in [2.05, 4.69) is 20.2 Å². The predicted octanol–water partition coefficient (Wildman–Crippen LogP) is 2.42. The first kappa shape index (κ1) is 10.6. The fourth-order valence-corrected chi connectivity index (χ4v) is 1.43. The molecule has 0 amide bonds. The molecule has 0 unspecified atom stereocenters. The zero-order valence-corrected chi connectivity index (χ0v) is 8.89. The van der Waals surface area contributed by atoms with Gasteiger partial charge in [-0.1, -0.05) is 0 Å². The van der Waals surface area contributed by atoms with Crippen LogP contribution in [0.25, 0.3) is 11.0 Å². The zero-order chi connectivity index (χ0) is 12.5. The fourth-order valence-electron chi connectivity index (χ4n) is 1.43. The van der Waals surface area contributed by atoms with Crippen molar-refractivity contribution >= 4 is 11.0 Å². The maximum absolute atomic E-state index is 13.3. The van der Waals surface area contributed by atoms with Gasteiger partial charge in [-0.2, -0.15) is 10.1 Å². The van der Waals surface area contributed by atoms with Crippen LogP contribution in [0.5, 0.6) is 11.8 Å². The Bertz CT molecular complexity index is 713. The van der Waals surface area contributed by atoms with Gasteiger partial charge >= 0.3 is 6.01 Å². The van der Waals surface area contributed by atoms with Gasteiger partial charge < -0.3 is 4.74 Å². The van der Waals surface area contributed by atoms with Gasteiger partial charge in [-0.25, -0.2) is 13.8 Å². The van der Waals surface area contributed by atoms with Crippen LogP contribution in [0.1, 0.15) is 0 Å². The van der Waals surface area contributed by atoms with E-state index in [0.29, 0.717) is 11.0 Å². The second-order valence-electron chi connectivity index (χ2n) is 3.50. The van der Waals surface area contributed by atoms with Gasteiger partial charge in [-0.3, -0.25) is 5.10 Å². The molecule has 0 fully saturated rings. The highest BCUT2D eigenvalue weighted by Gasteiger charge is 2.09. The number of fused-ring (bicyclic) bond motifs is 1. The topological polar surface area (TPSA) is 63.7 Å². The van der Waals surface area contributed by atoms with Crippen molar-refractivity contribution < 1.29 is 13.5 Å². The second-order valence-corrected chi connectivity index (χ2v) is 3.50. The lowest BCUT2D eigenvalue weighted by Crippen LogP contribution is -1.94. The fraction of sp³-hybridized carbons (Fsp3) is 0. The van der Waals surface area contributed by atoms with Crippen molar-refractivity contribution in [1.29, 1.82) is 0 Å². The normalized spacial score (nSPS) is 10.8. The second kappa shape index (κ2) is 4.02. The van der Waals surface area contributed by atoms with E-state index in [1.165, 1.54) is 12.3 Å². The molecular weight excluding hydrogens is 242 g/mol. The number of halogens is 2. The quantitative estimate of drug-likeness (QED) is 0.756. The maximum atomic E-state index is 13.3. The van der Waals surface area contributed by atoms with Crippen molar-refractivity contribution in [3.05, 3.63) is 42.2 Å². The standard InChI is InChI=1S/C11H6F2N4O/c12-7-1-2-9(8(13)3-7)18-11-14-4-6-5-15-17-10(6)16-11/h1-5H,(H,14,15,16,17). The number of hydrogen-bond acceptors (Lipinski definition) is 4. The third kappa shape index (κ3) is 1.86. The molecule has 3 rings (SSSR count). The number of aromatic nitrogens is 4. The van der Waals surface area contributed by atoms with E-state index in [4.69, 9.17) is 4.74 Å². The van der Waals surface area contributed by atoms with E-state index in [1.54, 1.807) is 6.20 Å². The van der Waals surface area contributed by atoms with Crippen LogP contribution < -0.4 is 4.74 Å². The van der Waals surface area contributed by atoms with Crippen LogP contribution in [0, 0.1) is 11.6 Å². The first-order valence-electron chi connectivity index (χ1n) is 5.01. The average molecular weight is 248 g/mol. The number of ether oxygens (including phenoxy) is 1. The molecule has 0 radical (unpaired) electrons. The van der Waals surface area contributed by atoms with Crippen LogP contribution in [0.15, 0.2) is 30.6 Å². The Labute approximate surface area is 99.5 Å². The summed E-state index contributed by atoms with van der Waals surface area (Å²) in [6.07, 6.45) is 3.04. The number of benzene rings is 1. The third-order valence-electron chi connectivity index (χ3n) is 2.26. The number of nitrogens with zero attached hydrogens (tertiary/aromatic N) is 3. The Kier molecular flexibility index (Phi) is 2.36. The molecule has 1 N–H and O–H groups in total. The van der Waals surface area contributed by atoms with E-state index in [-0.39, 0.29) is 11.8 Å². The minimum Gasteiger partial charge on any atom is -0.421 e. The highest BCUT2D eigenvalue weighted by atomic mass is 19.1. The van der Waals surface area contributed by atoms with Gasteiger partial charge in [0, 0.05) is 12.3 Å². The lowest BCUT2D eigenvalue weighted by atomic mass is 10.3. The van der Waals surface area contributed by atoms with Crippen LogP contribution in [-0.4, -0.2) is 20.2 Å². The van der Waals surface area contributed by atoms with Crippen LogP contribution in [0.3, 0.4) is 0 Å². The monoisotopic (exact) mass is 248 g/mol. The average Bonchev–Trinajstić information content (AvgIpc) is 2.80. The molecule has 3 aromatic rings. The lowest BCUT2D eigenvalue weighted by molar-refractivity contribution is 0.409. The van der Waals surface area contributed by atoms with Crippen LogP contribution >= 0.6 is 0 Å². The number of rotatable bonds is 2. The zero-order valence-electron chi connectivity index (χ0n) is 8.89. The number of nitrogens with one attached hydrogen (secondary N) is 1. The molecule has 0 aliphatic heterocycles. The molecule has 0 saturated heterocycles. The lowest BCUT2D eigenvalue weighted by Gasteiger charge is -2.04. The van der Waals surface area contributed by atoms with Crippen LogP contribution in [0.2, 0.25) is 0 Å². The predicted molar refractivity (Wildman–Crippen MR) is 58.1 cm³/mol. The van der Waals surface area contributed by atoms with Gasteiger partial charge in [0.1, 0.15) is 5.82 Å². The molecule has 18 heavy (non-hydrogen) atoms. The van der Waals surface area contributed by atoms with Gasteiger partial charge in [0.15, 0.2) is 17.2 Å². The summed E-state index contributed by atoms with van der Waals surface area (Å²) < 4.78 is 31.2. The van der Waals surface area contributed by atoms with Crippen molar-refractivity contribution in [1.82, 2.24) is 20.2 Å².